The molecule has 0 unspecified atom stereocenters. The van der Waals surface area contributed by atoms with Crippen LogP contribution in [0.15, 0.2) is 61.2 Å². The number of carbonyl (C=O) groups is 3. The average molecular weight is 1610 g/mol. The molecule has 0 radical (unpaired) electrons. The Hall–Kier alpha value is -6.98. The van der Waals surface area contributed by atoms with E-state index in [4.69, 9.17) is 38.4 Å². The van der Waals surface area contributed by atoms with Crippen molar-refractivity contribution in [1.82, 2.24) is 64.5 Å². The average Bonchev–Trinajstić information content (AvgIpc) is 1.67. The van der Waals surface area contributed by atoms with Crippen LogP contribution in [0, 0.1) is 15.2 Å². The first-order valence-corrected chi connectivity index (χ1v) is 36.1. The molecule has 8 aliphatic rings. The van der Waals surface area contributed by atoms with Crippen molar-refractivity contribution in [1.29, 1.82) is 0 Å². The van der Waals surface area contributed by atoms with E-state index in [0.717, 1.165) is 69.6 Å². The summed E-state index contributed by atoms with van der Waals surface area (Å²) in [5.41, 5.74) is 12.1. The Morgan fingerprint density at radius 2 is 0.864 bits per heavy atom. The second kappa shape index (κ2) is 34.1. The molecule has 22 nitrogen and oxygen atoms in total. The van der Waals surface area contributed by atoms with E-state index in [2.05, 4.69) is 53.6 Å². The number of carbonyl (C=O) groups excluding carboxylic acids is 3. The number of halogens is 13. The van der Waals surface area contributed by atoms with Crippen molar-refractivity contribution < 1.29 is 67.8 Å². The van der Waals surface area contributed by atoms with E-state index in [1.54, 1.807) is 33.2 Å². The second-order valence-corrected chi connectivity index (χ2v) is 30.3. The molecule has 12 heterocycles. The van der Waals surface area contributed by atoms with E-state index in [0.29, 0.717) is 103 Å². The third-order valence-corrected chi connectivity index (χ3v) is 19.5. The number of anilines is 4. The van der Waals surface area contributed by atoms with Crippen LogP contribution in [0.25, 0.3) is 0 Å². The van der Waals surface area contributed by atoms with Gasteiger partial charge in [-0.3, -0.25) is 23.5 Å². The van der Waals surface area contributed by atoms with Crippen molar-refractivity contribution in [3.05, 3.63) is 115 Å². The highest BCUT2D eigenvalue weighted by Gasteiger charge is 2.40. The quantitative estimate of drug-likeness (QED) is 0.0833. The maximum atomic E-state index is 13.5. The summed E-state index contributed by atoms with van der Waals surface area (Å²) in [5.74, 6) is -11.1. The molecule has 4 saturated heterocycles. The number of rotatable bonds is 5. The van der Waals surface area contributed by atoms with Crippen LogP contribution in [0.4, 0.5) is 76.2 Å². The smallest absolute Gasteiger partial charge is 0.410 e. The summed E-state index contributed by atoms with van der Waals surface area (Å²) in [5, 5.41) is 23.5. The fourth-order valence-electron chi connectivity index (χ4n) is 12.3. The van der Waals surface area contributed by atoms with Gasteiger partial charge >= 0.3 is 12.2 Å². The van der Waals surface area contributed by atoms with Crippen LogP contribution < -0.4 is 31.1 Å². The van der Waals surface area contributed by atoms with E-state index in [1.165, 1.54) is 30.3 Å². The monoisotopic (exact) mass is 1610 g/mol. The molecule has 2 aromatic carbocycles. The topological polar surface area (TPSA) is 210 Å². The molecule has 6 aromatic rings. The van der Waals surface area contributed by atoms with Crippen LogP contribution in [-0.2, 0) is 73.0 Å². The van der Waals surface area contributed by atoms with Gasteiger partial charge in [0, 0.05) is 142 Å². The minimum atomic E-state index is -2.61. The summed E-state index contributed by atoms with van der Waals surface area (Å²) < 4.78 is 149. The Labute approximate surface area is 615 Å². The minimum absolute atomic E-state index is 0.00694. The van der Waals surface area contributed by atoms with Crippen LogP contribution in [0.5, 0.6) is 0 Å². The molecule has 0 atom stereocenters. The first-order chi connectivity index (χ1) is 48.4. The molecule has 0 bridgehead atoms. The van der Waals surface area contributed by atoms with Crippen LogP contribution in [0.2, 0.25) is 10.0 Å². The number of hydrogen-bond donors (Lipinski definition) is 3. The third kappa shape index (κ3) is 23.0. The van der Waals surface area contributed by atoms with E-state index in [-0.39, 0.29) is 99.0 Å². The number of aromatic nitrogens is 8. The van der Waals surface area contributed by atoms with E-state index in [1.807, 2.05) is 87.4 Å². The zero-order valence-corrected chi connectivity index (χ0v) is 62.2. The van der Waals surface area contributed by atoms with Gasteiger partial charge in [-0.1, -0.05) is 29.3 Å². The Morgan fingerprint density at radius 1 is 0.485 bits per heavy atom. The van der Waals surface area contributed by atoms with Gasteiger partial charge in [-0.15, -0.1) is 0 Å². The normalized spacial score (nSPS) is 19.4. The molecule has 0 spiro atoms. The molecule has 0 saturated carbocycles. The number of fused-ring (bicyclic) bond motifs is 4. The number of nitrogens with two attached hydrogens (primary N) is 1. The molecule has 14 rings (SSSR count). The largest absolute Gasteiger partial charge is 0.444 e. The van der Waals surface area contributed by atoms with Crippen molar-refractivity contribution in [3.63, 3.8) is 0 Å². The second-order valence-electron chi connectivity index (χ2n) is 28.3. The minimum Gasteiger partial charge on any atom is -0.444 e. The number of alkyl halides is 8. The maximum absolute atomic E-state index is 13.5. The lowest BCUT2D eigenvalue weighted by atomic mass is 10.1. The fourth-order valence-corrected chi connectivity index (χ4v) is 13.2. The standard InChI is InChI=1S/C19H20ClF3N4O.C16H24F2N4O2.C11H16F2N4.C11H16IN3O2.C6H5ClFN.C5H9F2N/c20-14-9-13(1-2-15(14)21)10-18(28)26-7-8-27-17(12-26)16(11-24-27)25-5-3-19(22,23)4-6-25;1-15(2,3)24-14(23)21-8-9-22-13(11-21)12(10-19-22)20-6-4-16(17,18)5-7-20;12-11(13)1-4-16(5-2-11)9-8-15-17-6-3-14-7-10(9)17;1-11(2,3)17-10(16)14-4-5-15-9(7-14)8(12)6-13-15;7-5-3-4(9)1-2-6(5)8;6-5(7)1-3-8-4-2-5/h1-2,9,11H,3-8,10,12H2;10H,4-9,11H2,1-3H3;8,14H,1-7H2;6H,4-5,7H2,1-3H3;1-3H,9H2;8H,1-4H2. The number of ether oxygens (including phenoxy) is 2. The Balaban J connectivity index is 0.000000150. The molecule has 35 heteroatoms. The Morgan fingerprint density at radius 3 is 1.28 bits per heavy atom. The lowest BCUT2D eigenvalue weighted by molar-refractivity contribution is -0.132. The van der Waals surface area contributed by atoms with E-state index in [9.17, 15) is 58.3 Å². The number of nitrogen functional groups attached to an aromatic ring is 1. The number of hydrogen-bond acceptors (Lipinski definition) is 15. The highest BCUT2D eigenvalue weighted by atomic mass is 127. The first-order valence-electron chi connectivity index (χ1n) is 34.3. The van der Waals surface area contributed by atoms with Gasteiger partial charge in [-0.25, -0.2) is 53.5 Å². The van der Waals surface area contributed by atoms with Gasteiger partial charge in [-0.05, 0) is 100 Å². The molecule has 4 aromatic heterocycles. The summed E-state index contributed by atoms with van der Waals surface area (Å²) >= 11 is 13.4. The van der Waals surface area contributed by atoms with Gasteiger partial charge in [0.15, 0.2) is 0 Å². The molecule has 4 fully saturated rings. The zero-order chi connectivity index (χ0) is 74.8. The van der Waals surface area contributed by atoms with Crippen LogP contribution in [0.3, 0.4) is 0 Å². The summed E-state index contributed by atoms with van der Waals surface area (Å²) in [6, 6.07) is 8.32. The molecule has 568 valence electrons. The van der Waals surface area contributed by atoms with Gasteiger partial charge in [0.1, 0.15) is 22.8 Å². The van der Waals surface area contributed by atoms with Gasteiger partial charge in [0.05, 0.1) is 130 Å². The third-order valence-electron chi connectivity index (χ3n) is 18.0. The summed E-state index contributed by atoms with van der Waals surface area (Å²) in [4.78, 5) is 47.9. The summed E-state index contributed by atoms with van der Waals surface area (Å²) in [6.07, 6.45) is 5.85. The zero-order valence-electron chi connectivity index (χ0n) is 58.6. The van der Waals surface area contributed by atoms with Gasteiger partial charge in [0.25, 0.3) is 23.7 Å². The molecule has 103 heavy (non-hydrogen) atoms. The number of amides is 3. The molecule has 0 aliphatic carbocycles. The predicted octanol–water partition coefficient (Wildman–Crippen LogP) is 12.9. The van der Waals surface area contributed by atoms with Crippen molar-refractivity contribution in [2.75, 3.05) is 99.0 Å². The van der Waals surface area contributed by atoms with Crippen LogP contribution in [-0.4, -0.2) is 185 Å². The maximum Gasteiger partial charge on any atom is 0.410 e. The van der Waals surface area contributed by atoms with Crippen molar-refractivity contribution >= 4 is 86.6 Å². The molecular formula is C68H90Cl2F10IN17O5. The van der Waals surface area contributed by atoms with Gasteiger partial charge < -0.3 is 55.2 Å². The predicted molar refractivity (Wildman–Crippen MR) is 379 cm³/mol. The van der Waals surface area contributed by atoms with Crippen molar-refractivity contribution in [2.45, 2.75) is 187 Å². The van der Waals surface area contributed by atoms with Crippen LogP contribution >= 0.6 is 45.8 Å². The van der Waals surface area contributed by atoms with Gasteiger partial charge in [-0.2, -0.15) is 20.4 Å². The van der Waals surface area contributed by atoms with Crippen molar-refractivity contribution in [2.24, 2.45) is 0 Å². The van der Waals surface area contributed by atoms with E-state index < -0.39 is 46.5 Å². The molecule has 3 amide bonds. The van der Waals surface area contributed by atoms with Crippen molar-refractivity contribution in [3.8, 4) is 0 Å². The SMILES string of the molecule is CC(C)(C)OC(=O)N1CCn2ncc(I)c2C1.CC(C)(C)OC(=O)N1CCn2ncc(N3CCC(F)(F)CC3)c2C1.FC1(F)CCN(c2cnn3c2CNCC3)CC1.FC1(F)CCNCC1.Nc1ccc(F)c(Cl)c1.O=C(Cc1ccc(F)c(Cl)c1)N1CCn2ncc(N3CCC(F)(F)CC3)c2C1. The number of piperidine rings is 4. The highest BCUT2D eigenvalue weighted by Crippen LogP contribution is 2.37. The number of benzene rings is 2. The number of nitrogens with one attached hydrogen (secondary N) is 2. The van der Waals surface area contributed by atoms with Crippen LogP contribution in [0.1, 0.15) is 121 Å². The molecule has 4 N–H and O–H groups in total. The summed E-state index contributed by atoms with van der Waals surface area (Å²) in [6.45, 7) is 21.5. The fraction of sp³-hybridized carbons (Fsp3) is 0.603. The van der Waals surface area contributed by atoms with Gasteiger partial charge in [0.2, 0.25) is 5.91 Å². The number of nitrogens with zero attached hydrogens (tertiary/aromatic N) is 14. The summed E-state index contributed by atoms with van der Waals surface area (Å²) in [7, 11) is 0. The Kier molecular flexibility index (Phi) is 26.5. The lowest BCUT2D eigenvalue weighted by Crippen LogP contribution is -2.43. The van der Waals surface area contributed by atoms with E-state index >= 15 is 0 Å². The molecular weight excluding hydrogens is 1520 g/mol. The lowest BCUT2D eigenvalue weighted by Gasteiger charge is -2.35. The Bertz CT molecular complexity index is 3830. The first kappa shape index (κ1) is 80.1. The highest BCUT2D eigenvalue weighted by molar-refractivity contribution is 14.1. The molecule has 8 aliphatic heterocycles.